The number of rotatable bonds is 8. The number of unbranched alkanes of at least 4 members (excludes halogenated alkanes) is 1. The number of carbonyl (C=O) groups is 1. The maximum absolute atomic E-state index is 10.5. The number of aryl methyl sites for hydroxylation is 1. The van der Waals surface area contributed by atoms with Crippen LogP contribution in [0.1, 0.15) is 31.7 Å². The van der Waals surface area contributed by atoms with Crippen LogP contribution in [0.25, 0.3) is 0 Å². The molecule has 0 aliphatic rings. The van der Waals surface area contributed by atoms with E-state index < -0.39 is 5.97 Å². The van der Waals surface area contributed by atoms with Gasteiger partial charge in [0.25, 0.3) is 0 Å². The molecule has 1 N–H and O–H groups in total. The van der Waals surface area contributed by atoms with Crippen LogP contribution >= 0.6 is 11.8 Å². The molecule has 0 heterocycles. The molecule has 17 heavy (non-hydrogen) atoms. The second-order valence-corrected chi connectivity index (χ2v) is 5.77. The Kier molecular flexibility index (Phi) is 6.78. The molecule has 0 aliphatic carbocycles. The van der Waals surface area contributed by atoms with Gasteiger partial charge in [0.15, 0.2) is 0 Å². The van der Waals surface area contributed by atoms with Gasteiger partial charge in [-0.1, -0.05) is 37.3 Å². The number of hydrogen-bond donors (Lipinski definition) is 1. The van der Waals surface area contributed by atoms with Crippen molar-refractivity contribution in [3.8, 4) is 0 Å². The van der Waals surface area contributed by atoms with Gasteiger partial charge in [0.05, 0.1) is 6.42 Å². The van der Waals surface area contributed by atoms with Crippen LogP contribution in [0.15, 0.2) is 30.3 Å². The molecule has 0 aromatic heterocycles. The highest BCUT2D eigenvalue weighted by atomic mass is 32.2. The largest absolute Gasteiger partial charge is 0.481 e. The summed E-state index contributed by atoms with van der Waals surface area (Å²) in [6.45, 7) is 1.98. The Bertz CT molecular complexity index is 324. The van der Waals surface area contributed by atoms with E-state index in [1.807, 2.05) is 13.0 Å². The highest BCUT2D eigenvalue weighted by molar-refractivity contribution is 7.99. The van der Waals surface area contributed by atoms with Gasteiger partial charge >= 0.3 is 5.97 Å². The first-order valence-electron chi connectivity index (χ1n) is 6.06. The summed E-state index contributed by atoms with van der Waals surface area (Å²) in [5.41, 5.74) is 1.39. The van der Waals surface area contributed by atoms with E-state index in [0.717, 1.165) is 18.6 Å². The summed E-state index contributed by atoms with van der Waals surface area (Å²) in [5.74, 6) is 0.357. The maximum Gasteiger partial charge on any atom is 0.304 e. The van der Waals surface area contributed by atoms with Crippen molar-refractivity contribution in [3.05, 3.63) is 35.9 Å². The molecule has 0 radical (unpaired) electrons. The summed E-state index contributed by atoms with van der Waals surface area (Å²) in [7, 11) is 0. The number of hydrogen-bond acceptors (Lipinski definition) is 2. The van der Waals surface area contributed by atoms with Crippen molar-refractivity contribution in [2.75, 3.05) is 5.75 Å². The number of thioether (sulfide) groups is 1. The van der Waals surface area contributed by atoms with Gasteiger partial charge < -0.3 is 5.11 Å². The fourth-order valence-electron chi connectivity index (χ4n) is 1.67. The van der Waals surface area contributed by atoms with Crippen LogP contribution in [-0.4, -0.2) is 22.1 Å². The third kappa shape index (κ3) is 7.05. The molecule has 0 saturated carbocycles. The van der Waals surface area contributed by atoms with Crippen LogP contribution in [0, 0.1) is 0 Å². The van der Waals surface area contributed by atoms with E-state index in [9.17, 15) is 4.79 Å². The molecule has 94 valence electrons. The Labute approximate surface area is 107 Å². The van der Waals surface area contributed by atoms with Gasteiger partial charge in [-0.05, 0) is 30.6 Å². The van der Waals surface area contributed by atoms with Gasteiger partial charge in [-0.15, -0.1) is 0 Å². The Hall–Kier alpha value is -0.960. The highest BCUT2D eigenvalue weighted by Crippen LogP contribution is 2.16. The third-order valence-electron chi connectivity index (χ3n) is 2.57. The molecule has 0 aliphatic heterocycles. The van der Waals surface area contributed by atoms with E-state index in [1.165, 1.54) is 12.0 Å². The van der Waals surface area contributed by atoms with Crippen LogP contribution in [0.2, 0.25) is 0 Å². The van der Waals surface area contributed by atoms with Crippen molar-refractivity contribution in [2.45, 2.75) is 37.9 Å². The van der Waals surface area contributed by atoms with Gasteiger partial charge in [-0.3, -0.25) is 4.79 Å². The van der Waals surface area contributed by atoms with Crippen molar-refractivity contribution in [1.82, 2.24) is 0 Å². The Morgan fingerprint density at radius 1 is 1.29 bits per heavy atom. The molecule has 0 bridgehead atoms. The first-order chi connectivity index (χ1) is 8.18. The molecular formula is C14H20O2S. The highest BCUT2D eigenvalue weighted by Gasteiger charge is 2.06. The van der Waals surface area contributed by atoms with Gasteiger partial charge in [-0.2, -0.15) is 11.8 Å². The summed E-state index contributed by atoms with van der Waals surface area (Å²) < 4.78 is 0. The van der Waals surface area contributed by atoms with Gasteiger partial charge in [0, 0.05) is 5.25 Å². The standard InChI is InChI=1S/C14H20O2S/c1-12(11-14(15)16)17-10-6-5-9-13-7-3-2-4-8-13/h2-4,7-8,12H,5-6,9-11H2,1H3,(H,15,16). The lowest BCUT2D eigenvalue weighted by Gasteiger charge is -2.07. The van der Waals surface area contributed by atoms with E-state index >= 15 is 0 Å². The van der Waals surface area contributed by atoms with E-state index in [0.29, 0.717) is 0 Å². The van der Waals surface area contributed by atoms with Gasteiger partial charge in [0.2, 0.25) is 0 Å². The van der Waals surface area contributed by atoms with E-state index in [4.69, 9.17) is 5.11 Å². The summed E-state index contributed by atoms with van der Waals surface area (Å²) in [5, 5.41) is 8.85. The SMILES string of the molecule is CC(CC(=O)O)SCCCCc1ccccc1. The molecule has 1 aromatic carbocycles. The van der Waals surface area contributed by atoms with Gasteiger partial charge in [0.1, 0.15) is 0 Å². The number of benzene rings is 1. The molecule has 2 nitrogen and oxygen atoms in total. The minimum atomic E-state index is -0.700. The average Bonchev–Trinajstić information content (AvgIpc) is 2.29. The lowest BCUT2D eigenvalue weighted by molar-refractivity contribution is -0.136. The second kappa shape index (κ2) is 8.18. The minimum Gasteiger partial charge on any atom is -0.481 e. The van der Waals surface area contributed by atoms with Crippen molar-refractivity contribution in [2.24, 2.45) is 0 Å². The van der Waals surface area contributed by atoms with Gasteiger partial charge in [-0.25, -0.2) is 0 Å². The second-order valence-electron chi connectivity index (χ2n) is 4.22. The fraction of sp³-hybridized carbons (Fsp3) is 0.500. The number of aliphatic carboxylic acids is 1. The predicted molar refractivity (Wildman–Crippen MR) is 73.6 cm³/mol. The zero-order valence-corrected chi connectivity index (χ0v) is 11.1. The summed E-state index contributed by atoms with van der Waals surface area (Å²) in [6, 6.07) is 10.5. The first kappa shape index (κ1) is 14.1. The summed E-state index contributed by atoms with van der Waals surface area (Å²) in [4.78, 5) is 10.5. The predicted octanol–water partition coefficient (Wildman–Crippen LogP) is 3.61. The normalized spacial score (nSPS) is 12.3. The summed E-state index contributed by atoms with van der Waals surface area (Å²) in [6.07, 6.45) is 3.72. The van der Waals surface area contributed by atoms with Crippen LogP contribution < -0.4 is 0 Å². The molecule has 1 atom stereocenters. The van der Waals surface area contributed by atoms with Crippen molar-refractivity contribution in [3.63, 3.8) is 0 Å². The van der Waals surface area contributed by atoms with Crippen LogP contribution in [0.5, 0.6) is 0 Å². The number of carboxylic acid groups (broad SMARTS) is 1. The maximum atomic E-state index is 10.5. The van der Waals surface area contributed by atoms with Crippen molar-refractivity contribution < 1.29 is 9.90 Å². The monoisotopic (exact) mass is 252 g/mol. The molecule has 1 aromatic rings. The lowest BCUT2D eigenvalue weighted by Crippen LogP contribution is -2.06. The van der Waals surface area contributed by atoms with E-state index in [2.05, 4.69) is 24.3 Å². The molecule has 1 rings (SSSR count). The third-order valence-corrected chi connectivity index (χ3v) is 3.83. The topological polar surface area (TPSA) is 37.3 Å². The Morgan fingerprint density at radius 2 is 2.00 bits per heavy atom. The lowest BCUT2D eigenvalue weighted by atomic mass is 10.1. The Balaban J connectivity index is 2.03. The minimum absolute atomic E-state index is 0.226. The molecule has 0 saturated heterocycles. The summed E-state index contributed by atoms with van der Waals surface area (Å²) >= 11 is 1.76. The van der Waals surface area contributed by atoms with Crippen LogP contribution in [0.4, 0.5) is 0 Å². The zero-order valence-electron chi connectivity index (χ0n) is 10.3. The quantitative estimate of drug-likeness (QED) is 0.718. The molecule has 0 amide bonds. The van der Waals surface area contributed by atoms with Crippen molar-refractivity contribution in [1.29, 1.82) is 0 Å². The molecule has 0 spiro atoms. The molecule has 0 fully saturated rings. The van der Waals surface area contributed by atoms with E-state index in [1.54, 1.807) is 11.8 Å². The molecule has 3 heteroatoms. The first-order valence-corrected chi connectivity index (χ1v) is 7.10. The van der Waals surface area contributed by atoms with Crippen molar-refractivity contribution >= 4 is 17.7 Å². The molecular weight excluding hydrogens is 232 g/mol. The van der Waals surface area contributed by atoms with Crippen LogP contribution in [0.3, 0.4) is 0 Å². The average molecular weight is 252 g/mol. The number of carboxylic acids is 1. The Morgan fingerprint density at radius 3 is 2.65 bits per heavy atom. The van der Waals surface area contributed by atoms with E-state index in [-0.39, 0.29) is 11.7 Å². The fourth-order valence-corrected chi connectivity index (χ4v) is 2.70. The van der Waals surface area contributed by atoms with Crippen LogP contribution in [-0.2, 0) is 11.2 Å². The smallest absolute Gasteiger partial charge is 0.304 e. The zero-order chi connectivity index (χ0) is 12.5. The molecule has 1 unspecified atom stereocenters.